The van der Waals surface area contributed by atoms with E-state index in [1.165, 1.54) is 5.56 Å². The Morgan fingerprint density at radius 3 is 2.05 bits per heavy atom. The maximum absolute atomic E-state index is 4.74. The molecule has 2 heteroatoms. The zero-order chi connectivity index (χ0) is 13.1. The maximum Gasteiger partial charge on any atom is 0.155 e. The molecule has 19 heavy (non-hydrogen) atoms. The average Bonchev–Trinajstić information content (AvgIpc) is 2.48. The molecular weight excluding hydrogens is 232 g/mol. The van der Waals surface area contributed by atoms with Gasteiger partial charge in [-0.15, -0.1) is 0 Å². The Morgan fingerprint density at radius 1 is 0.842 bits per heavy atom. The third-order valence-electron chi connectivity index (χ3n) is 3.21. The highest BCUT2D eigenvalue weighted by Crippen LogP contribution is 2.17. The molecule has 2 aromatic carbocycles. The van der Waals surface area contributed by atoms with Crippen molar-refractivity contribution in [2.24, 2.45) is 9.98 Å². The second kappa shape index (κ2) is 5.19. The molecule has 3 rings (SSSR count). The summed E-state index contributed by atoms with van der Waals surface area (Å²) in [5, 5.41) is 0. The van der Waals surface area contributed by atoms with Gasteiger partial charge in [0, 0.05) is 12.0 Å². The molecule has 0 amide bonds. The summed E-state index contributed by atoms with van der Waals surface area (Å²) < 4.78 is 0. The normalized spacial score (nSPS) is 18.7. The van der Waals surface area contributed by atoms with Crippen LogP contribution < -0.4 is 0 Å². The lowest BCUT2D eigenvalue weighted by Gasteiger charge is -2.17. The van der Waals surface area contributed by atoms with Gasteiger partial charge >= 0.3 is 0 Å². The minimum absolute atomic E-state index is 0.280. The molecule has 2 aromatic rings. The van der Waals surface area contributed by atoms with E-state index in [0.29, 0.717) is 0 Å². The first-order valence-electron chi connectivity index (χ1n) is 6.59. The Morgan fingerprint density at radius 2 is 1.42 bits per heavy atom. The van der Waals surface area contributed by atoms with Gasteiger partial charge in [0.1, 0.15) is 0 Å². The number of benzene rings is 2. The number of hydrogen-bond donors (Lipinski definition) is 0. The van der Waals surface area contributed by atoms with E-state index in [2.05, 4.69) is 48.3 Å². The molecule has 0 saturated heterocycles. The first kappa shape index (κ1) is 11.8. The van der Waals surface area contributed by atoms with E-state index >= 15 is 0 Å². The largest absolute Gasteiger partial charge is 0.263 e. The number of amidine groups is 1. The zero-order valence-electron chi connectivity index (χ0n) is 11.0. The van der Waals surface area contributed by atoms with Crippen molar-refractivity contribution in [3.63, 3.8) is 0 Å². The molecule has 1 atom stereocenters. The number of nitrogens with zero attached hydrogens (tertiary/aromatic N) is 2. The summed E-state index contributed by atoms with van der Waals surface area (Å²) in [6.45, 7) is 2.14. The second-order valence-corrected chi connectivity index (χ2v) is 4.80. The third kappa shape index (κ3) is 2.63. The lowest BCUT2D eigenvalue weighted by Crippen LogP contribution is -2.19. The molecule has 1 aliphatic heterocycles. The fraction of sp³-hybridized carbons (Fsp3) is 0.176. The van der Waals surface area contributed by atoms with E-state index in [1.54, 1.807) is 0 Å². The van der Waals surface area contributed by atoms with Gasteiger partial charge in [-0.2, -0.15) is 0 Å². The molecule has 1 aliphatic rings. The highest BCUT2D eigenvalue weighted by Gasteiger charge is 2.16. The Bertz CT molecular complexity index is 612. The Labute approximate surface area is 113 Å². The molecule has 0 bridgehead atoms. The van der Waals surface area contributed by atoms with Crippen molar-refractivity contribution in [1.82, 2.24) is 0 Å². The number of rotatable bonds is 2. The topological polar surface area (TPSA) is 24.7 Å². The van der Waals surface area contributed by atoms with Gasteiger partial charge in [-0.1, -0.05) is 60.7 Å². The summed E-state index contributed by atoms with van der Waals surface area (Å²) in [6, 6.07) is 20.8. The Kier molecular flexibility index (Phi) is 3.23. The van der Waals surface area contributed by atoms with Crippen LogP contribution in [0.4, 0.5) is 0 Å². The molecule has 1 heterocycles. The molecule has 0 N–H and O–H groups in total. The molecule has 2 nitrogen and oxygen atoms in total. The van der Waals surface area contributed by atoms with Gasteiger partial charge in [0.05, 0.1) is 11.8 Å². The predicted octanol–water partition coefficient (Wildman–Crippen LogP) is 3.71. The fourth-order valence-electron chi connectivity index (χ4n) is 2.28. The molecule has 0 fully saturated rings. The van der Waals surface area contributed by atoms with Gasteiger partial charge in [0.2, 0.25) is 0 Å². The second-order valence-electron chi connectivity index (χ2n) is 4.80. The maximum atomic E-state index is 4.74. The van der Waals surface area contributed by atoms with Crippen LogP contribution in [-0.4, -0.2) is 17.6 Å². The molecule has 0 saturated carbocycles. The molecule has 1 unspecified atom stereocenters. The molecule has 0 aromatic heterocycles. The SMILES string of the molecule is CC1CC(c2ccccc2)=NC(c2ccccc2)=N1. The van der Waals surface area contributed by atoms with Crippen LogP contribution in [0.25, 0.3) is 0 Å². The van der Waals surface area contributed by atoms with E-state index in [0.717, 1.165) is 23.5 Å². The monoisotopic (exact) mass is 248 g/mol. The number of aliphatic imine (C=N–C) groups is 2. The minimum atomic E-state index is 0.280. The molecule has 0 aliphatic carbocycles. The highest BCUT2D eigenvalue weighted by molar-refractivity contribution is 6.13. The third-order valence-corrected chi connectivity index (χ3v) is 3.21. The van der Waals surface area contributed by atoms with Gasteiger partial charge < -0.3 is 0 Å². The van der Waals surface area contributed by atoms with Crippen molar-refractivity contribution < 1.29 is 0 Å². The van der Waals surface area contributed by atoms with Crippen molar-refractivity contribution in [2.45, 2.75) is 19.4 Å². The van der Waals surface area contributed by atoms with Gasteiger partial charge in [0.15, 0.2) is 5.84 Å². The highest BCUT2D eigenvalue weighted by atomic mass is 15.0. The fourth-order valence-corrected chi connectivity index (χ4v) is 2.28. The molecule has 0 radical (unpaired) electrons. The summed E-state index contributed by atoms with van der Waals surface area (Å²) in [5.41, 5.74) is 3.40. The van der Waals surface area contributed by atoms with Crippen molar-refractivity contribution >= 4 is 11.5 Å². The summed E-state index contributed by atoms with van der Waals surface area (Å²) in [7, 11) is 0. The standard InChI is InChI=1S/C17H16N2/c1-13-12-16(14-8-4-2-5-9-14)19-17(18-13)15-10-6-3-7-11-15/h2-11,13H,12H2,1H3. The van der Waals surface area contributed by atoms with E-state index in [4.69, 9.17) is 4.99 Å². The predicted molar refractivity (Wildman–Crippen MR) is 80.0 cm³/mol. The van der Waals surface area contributed by atoms with Gasteiger partial charge in [-0.3, -0.25) is 4.99 Å². The van der Waals surface area contributed by atoms with Crippen molar-refractivity contribution in [3.8, 4) is 0 Å². The van der Waals surface area contributed by atoms with Crippen LogP contribution in [0.3, 0.4) is 0 Å². The number of hydrogen-bond acceptors (Lipinski definition) is 2. The van der Waals surface area contributed by atoms with Gasteiger partial charge in [-0.25, -0.2) is 4.99 Å². The van der Waals surface area contributed by atoms with Gasteiger partial charge in [0.25, 0.3) is 0 Å². The zero-order valence-corrected chi connectivity index (χ0v) is 11.0. The molecule has 0 spiro atoms. The Balaban J connectivity index is 2.00. The van der Waals surface area contributed by atoms with Crippen LogP contribution in [0.15, 0.2) is 70.6 Å². The smallest absolute Gasteiger partial charge is 0.155 e. The average molecular weight is 248 g/mol. The minimum Gasteiger partial charge on any atom is -0.263 e. The van der Waals surface area contributed by atoms with Crippen LogP contribution in [0.2, 0.25) is 0 Å². The van der Waals surface area contributed by atoms with Crippen LogP contribution >= 0.6 is 0 Å². The van der Waals surface area contributed by atoms with E-state index < -0.39 is 0 Å². The molecule has 94 valence electrons. The van der Waals surface area contributed by atoms with Gasteiger partial charge in [-0.05, 0) is 12.5 Å². The first-order valence-corrected chi connectivity index (χ1v) is 6.59. The summed E-state index contributed by atoms with van der Waals surface area (Å²) >= 11 is 0. The Hall–Kier alpha value is -2.22. The lowest BCUT2D eigenvalue weighted by molar-refractivity contribution is 0.769. The quantitative estimate of drug-likeness (QED) is 0.774. The van der Waals surface area contributed by atoms with Crippen molar-refractivity contribution in [2.75, 3.05) is 0 Å². The lowest BCUT2D eigenvalue weighted by atomic mass is 10.0. The summed E-state index contributed by atoms with van der Waals surface area (Å²) in [5.74, 6) is 0.846. The first-order chi connectivity index (χ1) is 9.33. The van der Waals surface area contributed by atoms with Crippen LogP contribution in [-0.2, 0) is 0 Å². The van der Waals surface area contributed by atoms with E-state index in [1.807, 2.05) is 24.3 Å². The van der Waals surface area contributed by atoms with Crippen LogP contribution in [0.1, 0.15) is 24.5 Å². The van der Waals surface area contributed by atoms with Crippen molar-refractivity contribution in [1.29, 1.82) is 0 Å². The summed E-state index contributed by atoms with van der Waals surface area (Å²) in [4.78, 5) is 9.40. The van der Waals surface area contributed by atoms with Crippen LogP contribution in [0, 0.1) is 0 Å². The summed E-state index contributed by atoms with van der Waals surface area (Å²) in [6.07, 6.45) is 0.903. The van der Waals surface area contributed by atoms with E-state index in [-0.39, 0.29) is 6.04 Å². The van der Waals surface area contributed by atoms with E-state index in [9.17, 15) is 0 Å². The van der Waals surface area contributed by atoms with Crippen LogP contribution in [0.5, 0.6) is 0 Å². The molecular formula is C17H16N2. The van der Waals surface area contributed by atoms with Crippen molar-refractivity contribution in [3.05, 3.63) is 71.8 Å².